The molecule has 25 heavy (non-hydrogen) atoms. The second-order valence-corrected chi connectivity index (χ2v) is 6.69. The molecule has 0 aliphatic rings. The van der Waals surface area contributed by atoms with Gasteiger partial charge in [0.05, 0.1) is 6.54 Å². The SMILES string of the molecule is Cc1cccc(C(=O)NC(C(=O)N(C)Cc2cc(C)on2)C(C)C)c1. The number of nitrogens with one attached hydrogen (secondary N) is 1. The zero-order chi connectivity index (χ0) is 18.6. The van der Waals surface area contributed by atoms with Crippen molar-refractivity contribution in [2.75, 3.05) is 7.05 Å². The Morgan fingerprint density at radius 3 is 2.52 bits per heavy atom. The summed E-state index contributed by atoms with van der Waals surface area (Å²) in [4.78, 5) is 26.8. The Hall–Kier alpha value is -2.63. The van der Waals surface area contributed by atoms with Gasteiger partial charge in [-0.15, -0.1) is 0 Å². The smallest absolute Gasteiger partial charge is 0.251 e. The van der Waals surface area contributed by atoms with Crippen LogP contribution < -0.4 is 5.32 Å². The lowest BCUT2D eigenvalue weighted by Crippen LogP contribution is -2.50. The van der Waals surface area contributed by atoms with Crippen LogP contribution >= 0.6 is 0 Å². The number of rotatable bonds is 6. The van der Waals surface area contributed by atoms with Gasteiger partial charge in [-0.1, -0.05) is 36.7 Å². The average Bonchev–Trinajstić information content (AvgIpc) is 2.96. The van der Waals surface area contributed by atoms with Crippen molar-refractivity contribution in [1.82, 2.24) is 15.4 Å². The molecule has 1 atom stereocenters. The van der Waals surface area contributed by atoms with Gasteiger partial charge in [0.25, 0.3) is 5.91 Å². The van der Waals surface area contributed by atoms with Crippen molar-refractivity contribution < 1.29 is 14.1 Å². The Bertz CT molecular complexity index is 752. The van der Waals surface area contributed by atoms with Crippen LogP contribution in [0.25, 0.3) is 0 Å². The van der Waals surface area contributed by atoms with Crippen LogP contribution in [0.2, 0.25) is 0 Å². The molecule has 2 aromatic rings. The lowest BCUT2D eigenvalue weighted by molar-refractivity contribution is -0.133. The van der Waals surface area contributed by atoms with E-state index in [-0.39, 0.29) is 17.7 Å². The van der Waals surface area contributed by atoms with E-state index < -0.39 is 6.04 Å². The Balaban J connectivity index is 2.08. The highest BCUT2D eigenvalue weighted by molar-refractivity contribution is 5.97. The zero-order valence-electron chi connectivity index (χ0n) is 15.4. The molecule has 1 aromatic carbocycles. The highest BCUT2D eigenvalue weighted by Gasteiger charge is 2.27. The maximum Gasteiger partial charge on any atom is 0.251 e. The topological polar surface area (TPSA) is 75.4 Å². The predicted octanol–water partition coefficient (Wildman–Crippen LogP) is 2.70. The number of benzene rings is 1. The third-order valence-electron chi connectivity index (χ3n) is 3.95. The van der Waals surface area contributed by atoms with Crippen LogP contribution in [0.1, 0.15) is 41.2 Å². The van der Waals surface area contributed by atoms with Crippen molar-refractivity contribution in [1.29, 1.82) is 0 Å². The fraction of sp³-hybridized carbons (Fsp3) is 0.421. The minimum atomic E-state index is -0.606. The van der Waals surface area contributed by atoms with E-state index in [0.717, 1.165) is 5.56 Å². The second kappa shape index (κ2) is 7.96. The maximum atomic E-state index is 12.8. The number of amides is 2. The molecule has 0 fully saturated rings. The minimum absolute atomic E-state index is 0.0391. The summed E-state index contributed by atoms with van der Waals surface area (Å²) in [6.45, 7) is 7.88. The second-order valence-electron chi connectivity index (χ2n) is 6.69. The van der Waals surface area contributed by atoms with Crippen molar-refractivity contribution in [3.63, 3.8) is 0 Å². The van der Waals surface area contributed by atoms with Gasteiger partial charge in [0.15, 0.2) is 0 Å². The monoisotopic (exact) mass is 343 g/mol. The first-order chi connectivity index (χ1) is 11.8. The summed E-state index contributed by atoms with van der Waals surface area (Å²) in [6.07, 6.45) is 0. The summed E-state index contributed by atoms with van der Waals surface area (Å²) >= 11 is 0. The quantitative estimate of drug-likeness (QED) is 0.875. The molecule has 2 amide bonds. The lowest BCUT2D eigenvalue weighted by atomic mass is 10.0. The first-order valence-electron chi connectivity index (χ1n) is 8.32. The van der Waals surface area contributed by atoms with Gasteiger partial charge >= 0.3 is 0 Å². The van der Waals surface area contributed by atoms with Crippen LogP contribution in [0.4, 0.5) is 0 Å². The number of nitrogens with zero attached hydrogens (tertiary/aromatic N) is 2. The fourth-order valence-corrected chi connectivity index (χ4v) is 2.58. The van der Waals surface area contributed by atoms with E-state index >= 15 is 0 Å². The Morgan fingerprint density at radius 2 is 1.96 bits per heavy atom. The van der Waals surface area contributed by atoms with Crippen molar-refractivity contribution >= 4 is 11.8 Å². The molecule has 6 nitrogen and oxygen atoms in total. The standard InChI is InChI=1S/C19H25N3O3/c1-12(2)17(20-18(23)15-8-6-7-13(3)9-15)19(24)22(5)11-16-10-14(4)25-21-16/h6-10,12,17H,11H2,1-5H3,(H,20,23). The summed E-state index contributed by atoms with van der Waals surface area (Å²) < 4.78 is 5.03. The zero-order valence-corrected chi connectivity index (χ0v) is 15.4. The highest BCUT2D eigenvalue weighted by Crippen LogP contribution is 2.11. The number of hydrogen-bond donors (Lipinski definition) is 1. The number of carbonyl (C=O) groups excluding carboxylic acids is 2. The van der Waals surface area contributed by atoms with E-state index in [1.807, 2.05) is 32.9 Å². The molecule has 0 spiro atoms. The largest absolute Gasteiger partial charge is 0.361 e. The molecular weight excluding hydrogens is 318 g/mol. The van der Waals surface area contributed by atoms with Crippen molar-refractivity contribution in [3.8, 4) is 0 Å². The van der Waals surface area contributed by atoms with Crippen LogP contribution in [0.5, 0.6) is 0 Å². The first-order valence-corrected chi connectivity index (χ1v) is 8.32. The Morgan fingerprint density at radius 1 is 1.24 bits per heavy atom. The molecule has 1 N–H and O–H groups in total. The molecular formula is C19H25N3O3. The van der Waals surface area contributed by atoms with Gasteiger partial charge in [0, 0.05) is 18.7 Å². The van der Waals surface area contributed by atoms with Gasteiger partial charge in [0.1, 0.15) is 17.5 Å². The molecule has 1 aromatic heterocycles. The van der Waals surface area contributed by atoms with Crippen LogP contribution in [0.3, 0.4) is 0 Å². The van der Waals surface area contributed by atoms with E-state index in [9.17, 15) is 9.59 Å². The third kappa shape index (κ3) is 4.92. The summed E-state index contributed by atoms with van der Waals surface area (Å²) in [6, 6.07) is 8.49. The first kappa shape index (κ1) is 18.7. The van der Waals surface area contributed by atoms with Gasteiger partial charge < -0.3 is 14.7 Å². The van der Waals surface area contributed by atoms with Crippen molar-refractivity contribution in [2.24, 2.45) is 5.92 Å². The Kier molecular flexibility index (Phi) is 5.96. The van der Waals surface area contributed by atoms with E-state index in [1.54, 1.807) is 37.1 Å². The molecule has 0 saturated carbocycles. The number of aromatic nitrogens is 1. The molecule has 0 radical (unpaired) electrons. The van der Waals surface area contributed by atoms with Gasteiger partial charge in [-0.05, 0) is 31.9 Å². The van der Waals surface area contributed by atoms with Crippen molar-refractivity contribution in [2.45, 2.75) is 40.3 Å². The van der Waals surface area contributed by atoms with Gasteiger partial charge in [0.2, 0.25) is 5.91 Å². The molecule has 0 aliphatic carbocycles. The molecule has 0 bridgehead atoms. The summed E-state index contributed by atoms with van der Waals surface area (Å²) in [7, 11) is 1.69. The third-order valence-corrected chi connectivity index (χ3v) is 3.95. The molecule has 6 heteroatoms. The Labute approximate surface area is 148 Å². The molecule has 1 unspecified atom stereocenters. The predicted molar refractivity (Wildman–Crippen MR) is 95.0 cm³/mol. The summed E-state index contributed by atoms with van der Waals surface area (Å²) in [5.74, 6) is 0.254. The lowest BCUT2D eigenvalue weighted by Gasteiger charge is -2.26. The maximum absolute atomic E-state index is 12.8. The highest BCUT2D eigenvalue weighted by atomic mass is 16.5. The molecule has 0 aliphatic heterocycles. The van der Waals surface area contributed by atoms with Gasteiger partial charge in [-0.3, -0.25) is 9.59 Å². The number of likely N-dealkylation sites (N-methyl/N-ethyl adjacent to an activating group) is 1. The number of hydrogen-bond acceptors (Lipinski definition) is 4. The molecule has 134 valence electrons. The van der Waals surface area contributed by atoms with E-state index in [1.165, 1.54) is 0 Å². The molecule has 1 heterocycles. The average molecular weight is 343 g/mol. The van der Waals surface area contributed by atoms with Crippen LogP contribution in [-0.4, -0.2) is 35.0 Å². The minimum Gasteiger partial charge on any atom is -0.361 e. The number of aryl methyl sites for hydroxylation is 2. The van der Waals surface area contributed by atoms with Gasteiger partial charge in [-0.25, -0.2) is 0 Å². The van der Waals surface area contributed by atoms with Crippen molar-refractivity contribution in [3.05, 3.63) is 52.9 Å². The van der Waals surface area contributed by atoms with Gasteiger partial charge in [-0.2, -0.15) is 0 Å². The summed E-state index contributed by atoms with van der Waals surface area (Å²) in [5, 5.41) is 6.76. The normalized spacial score (nSPS) is 12.1. The fourth-order valence-electron chi connectivity index (χ4n) is 2.58. The van der Waals surface area contributed by atoms with Crippen LogP contribution in [0.15, 0.2) is 34.9 Å². The molecule has 2 rings (SSSR count). The molecule has 0 saturated heterocycles. The number of carbonyl (C=O) groups is 2. The van der Waals surface area contributed by atoms with Crippen LogP contribution in [-0.2, 0) is 11.3 Å². The van der Waals surface area contributed by atoms with E-state index in [2.05, 4.69) is 10.5 Å². The van der Waals surface area contributed by atoms with E-state index in [4.69, 9.17) is 4.52 Å². The van der Waals surface area contributed by atoms with E-state index in [0.29, 0.717) is 23.6 Å². The van der Waals surface area contributed by atoms with Crippen LogP contribution in [0, 0.1) is 19.8 Å². The summed E-state index contributed by atoms with van der Waals surface area (Å²) in [5.41, 5.74) is 2.23.